The molecule has 0 aromatic heterocycles. The smallest absolute Gasteiger partial charge is 0.127 e. The number of benzene rings is 1. The van der Waals surface area contributed by atoms with Crippen molar-refractivity contribution in [3.8, 4) is 0 Å². The van der Waals surface area contributed by atoms with E-state index in [1.165, 1.54) is 0 Å². The molecule has 3 atom stereocenters. The van der Waals surface area contributed by atoms with Crippen LogP contribution in [0.4, 0.5) is 0 Å². The van der Waals surface area contributed by atoms with Gasteiger partial charge in [-0.2, -0.15) is 5.06 Å². The van der Waals surface area contributed by atoms with Crippen molar-refractivity contribution in [2.45, 2.75) is 19.1 Å². The molecule has 3 heteroatoms. The molecular weight excluding hydrogens is 190 g/mol. The summed E-state index contributed by atoms with van der Waals surface area (Å²) in [6.45, 7) is 1.93. The first-order valence-corrected chi connectivity index (χ1v) is 5.14. The molecule has 1 aromatic rings. The minimum absolute atomic E-state index is 0.0405. The van der Waals surface area contributed by atoms with E-state index in [9.17, 15) is 4.79 Å². The second-order valence-corrected chi connectivity index (χ2v) is 3.93. The van der Waals surface area contributed by atoms with E-state index in [2.05, 4.69) is 0 Å². The third-order valence-electron chi connectivity index (χ3n) is 2.93. The van der Waals surface area contributed by atoms with Gasteiger partial charge < -0.3 is 4.79 Å². The molecule has 1 aliphatic rings. The molecule has 1 fully saturated rings. The van der Waals surface area contributed by atoms with Crippen LogP contribution in [0.25, 0.3) is 0 Å². The van der Waals surface area contributed by atoms with Gasteiger partial charge in [0.15, 0.2) is 0 Å². The number of hydroxylamine groups is 2. The van der Waals surface area contributed by atoms with Gasteiger partial charge in [-0.25, -0.2) is 0 Å². The van der Waals surface area contributed by atoms with Crippen molar-refractivity contribution in [1.29, 1.82) is 0 Å². The Labute approximate surface area is 89.6 Å². The maximum atomic E-state index is 11.0. The zero-order valence-electron chi connectivity index (χ0n) is 8.96. The molecule has 0 spiro atoms. The van der Waals surface area contributed by atoms with Crippen LogP contribution in [0.1, 0.15) is 18.5 Å². The topological polar surface area (TPSA) is 29.5 Å². The Bertz CT molecular complexity index is 339. The Kier molecular flexibility index (Phi) is 2.84. The van der Waals surface area contributed by atoms with Crippen molar-refractivity contribution in [2.75, 3.05) is 7.05 Å². The molecule has 3 nitrogen and oxygen atoms in total. The van der Waals surface area contributed by atoms with E-state index in [4.69, 9.17) is 4.84 Å². The summed E-state index contributed by atoms with van der Waals surface area (Å²) in [5, 5.41) is 1.78. The van der Waals surface area contributed by atoms with Gasteiger partial charge in [0.25, 0.3) is 0 Å². The Hall–Kier alpha value is -1.19. The Morgan fingerprint density at radius 2 is 2.00 bits per heavy atom. The van der Waals surface area contributed by atoms with Crippen LogP contribution in [-0.4, -0.2) is 24.5 Å². The molecule has 0 bridgehead atoms. The lowest BCUT2D eigenvalue weighted by atomic mass is 9.92. The predicted molar refractivity (Wildman–Crippen MR) is 57.0 cm³/mol. The van der Waals surface area contributed by atoms with Gasteiger partial charge in [-0.1, -0.05) is 30.3 Å². The summed E-state index contributed by atoms with van der Waals surface area (Å²) in [6.07, 6.45) is 0.948. The zero-order chi connectivity index (χ0) is 10.8. The fourth-order valence-corrected chi connectivity index (χ4v) is 2.16. The van der Waals surface area contributed by atoms with E-state index in [0.29, 0.717) is 0 Å². The molecule has 80 valence electrons. The summed E-state index contributed by atoms with van der Waals surface area (Å²) in [6, 6.07) is 10.0. The standard InChI is InChI=1S/C12H15NO2/c1-9-11(8-14)12(13(2)15-9)10-6-4-3-5-7-10/h3-9,11-12H,1-2H3/t9-,11-,12-/m1/s1. The van der Waals surface area contributed by atoms with Crippen LogP contribution in [0.15, 0.2) is 30.3 Å². The molecule has 0 amide bonds. The van der Waals surface area contributed by atoms with Gasteiger partial charge in [0.1, 0.15) is 6.29 Å². The summed E-state index contributed by atoms with van der Waals surface area (Å²) in [4.78, 5) is 16.6. The van der Waals surface area contributed by atoms with E-state index in [1.54, 1.807) is 5.06 Å². The minimum Gasteiger partial charge on any atom is -0.303 e. The highest BCUT2D eigenvalue weighted by Gasteiger charge is 2.39. The monoisotopic (exact) mass is 205 g/mol. The van der Waals surface area contributed by atoms with Gasteiger partial charge in [-0.15, -0.1) is 0 Å². The van der Waals surface area contributed by atoms with E-state index in [0.717, 1.165) is 11.8 Å². The molecule has 0 aliphatic carbocycles. The molecule has 1 aliphatic heterocycles. The molecular formula is C12H15NO2. The van der Waals surface area contributed by atoms with E-state index in [-0.39, 0.29) is 18.1 Å². The summed E-state index contributed by atoms with van der Waals surface area (Å²) >= 11 is 0. The van der Waals surface area contributed by atoms with Gasteiger partial charge in [0.05, 0.1) is 18.1 Å². The third kappa shape index (κ3) is 1.80. The maximum Gasteiger partial charge on any atom is 0.127 e. The van der Waals surface area contributed by atoms with Gasteiger partial charge in [-0.05, 0) is 12.5 Å². The van der Waals surface area contributed by atoms with Crippen molar-refractivity contribution in [3.05, 3.63) is 35.9 Å². The molecule has 15 heavy (non-hydrogen) atoms. The molecule has 1 aromatic carbocycles. The summed E-state index contributed by atoms with van der Waals surface area (Å²) in [7, 11) is 1.87. The average Bonchev–Trinajstić information content (AvgIpc) is 2.54. The molecule has 1 saturated heterocycles. The Morgan fingerprint density at radius 3 is 2.60 bits per heavy atom. The average molecular weight is 205 g/mol. The van der Waals surface area contributed by atoms with Crippen LogP contribution >= 0.6 is 0 Å². The normalized spacial score (nSPS) is 31.7. The molecule has 0 N–H and O–H groups in total. The highest BCUT2D eigenvalue weighted by Crippen LogP contribution is 2.36. The number of carbonyl (C=O) groups is 1. The molecule has 2 rings (SSSR count). The SMILES string of the molecule is C[C@H]1ON(C)[C@H](c2ccccc2)[C@@H]1C=O. The first-order valence-electron chi connectivity index (χ1n) is 5.14. The number of aldehydes is 1. The quantitative estimate of drug-likeness (QED) is 0.690. The number of rotatable bonds is 2. The van der Waals surface area contributed by atoms with Crippen LogP contribution in [-0.2, 0) is 9.63 Å². The lowest BCUT2D eigenvalue weighted by Gasteiger charge is -2.19. The minimum atomic E-state index is -0.0857. The molecule has 0 saturated carbocycles. The summed E-state index contributed by atoms with van der Waals surface area (Å²) in [5.41, 5.74) is 1.13. The predicted octanol–water partition coefficient (Wildman–Crippen LogP) is 1.81. The number of hydrogen-bond donors (Lipinski definition) is 0. The van der Waals surface area contributed by atoms with Crippen molar-refractivity contribution in [3.63, 3.8) is 0 Å². The van der Waals surface area contributed by atoms with Crippen LogP contribution < -0.4 is 0 Å². The fraction of sp³-hybridized carbons (Fsp3) is 0.417. The number of hydrogen-bond acceptors (Lipinski definition) is 3. The van der Waals surface area contributed by atoms with Gasteiger partial charge in [-0.3, -0.25) is 4.84 Å². The highest BCUT2D eigenvalue weighted by atomic mass is 16.7. The second-order valence-electron chi connectivity index (χ2n) is 3.93. The summed E-state index contributed by atoms with van der Waals surface area (Å²) < 4.78 is 0. The highest BCUT2D eigenvalue weighted by molar-refractivity contribution is 5.57. The first kappa shape index (κ1) is 10.3. The Morgan fingerprint density at radius 1 is 1.33 bits per heavy atom. The molecule has 1 heterocycles. The van der Waals surface area contributed by atoms with Crippen molar-refractivity contribution in [2.24, 2.45) is 5.92 Å². The lowest BCUT2D eigenvalue weighted by molar-refractivity contribution is -0.139. The van der Waals surface area contributed by atoms with E-state index >= 15 is 0 Å². The first-order chi connectivity index (χ1) is 7.24. The Balaban J connectivity index is 2.31. The molecule has 0 unspecified atom stereocenters. The molecule has 0 radical (unpaired) electrons. The van der Waals surface area contributed by atoms with Crippen molar-refractivity contribution < 1.29 is 9.63 Å². The van der Waals surface area contributed by atoms with Crippen molar-refractivity contribution >= 4 is 6.29 Å². The number of nitrogens with zero attached hydrogens (tertiary/aromatic N) is 1. The maximum absolute atomic E-state index is 11.0. The van der Waals surface area contributed by atoms with Crippen LogP contribution in [0, 0.1) is 5.92 Å². The van der Waals surface area contributed by atoms with Crippen LogP contribution in [0.2, 0.25) is 0 Å². The number of carbonyl (C=O) groups excluding carboxylic acids is 1. The van der Waals surface area contributed by atoms with Crippen LogP contribution in [0.3, 0.4) is 0 Å². The largest absolute Gasteiger partial charge is 0.303 e. The van der Waals surface area contributed by atoms with E-state index < -0.39 is 0 Å². The third-order valence-corrected chi connectivity index (χ3v) is 2.93. The van der Waals surface area contributed by atoms with Crippen LogP contribution in [0.5, 0.6) is 0 Å². The van der Waals surface area contributed by atoms with Gasteiger partial charge in [0, 0.05) is 7.05 Å². The lowest BCUT2D eigenvalue weighted by Crippen LogP contribution is -2.21. The summed E-state index contributed by atoms with van der Waals surface area (Å²) in [5.74, 6) is -0.0857. The zero-order valence-corrected chi connectivity index (χ0v) is 8.96. The van der Waals surface area contributed by atoms with E-state index in [1.807, 2.05) is 44.3 Å². The second kappa shape index (κ2) is 4.13. The van der Waals surface area contributed by atoms with Crippen molar-refractivity contribution in [1.82, 2.24) is 5.06 Å². The fourth-order valence-electron chi connectivity index (χ4n) is 2.16. The van der Waals surface area contributed by atoms with Gasteiger partial charge >= 0.3 is 0 Å². The van der Waals surface area contributed by atoms with Gasteiger partial charge in [0.2, 0.25) is 0 Å².